The van der Waals surface area contributed by atoms with Crippen molar-refractivity contribution in [2.75, 3.05) is 12.3 Å². The third-order valence-corrected chi connectivity index (χ3v) is 3.38. The Morgan fingerprint density at radius 1 is 1.38 bits per heavy atom. The number of phenols is 1. The van der Waals surface area contributed by atoms with Crippen LogP contribution in [0.3, 0.4) is 0 Å². The maximum absolute atomic E-state index is 11.7. The minimum absolute atomic E-state index is 0.201. The quantitative estimate of drug-likeness (QED) is 0.785. The van der Waals surface area contributed by atoms with Gasteiger partial charge < -0.3 is 10.0 Å². The lowest BCUT2D eigenvalue weighted by molar-refractivity contribution is -0.128. The van der Waals surface area contributed by atoms with Crippen LogP contribution in [0.4, 0.5) is 0 Å². The molecule has 4 heteroatoms. The molecule has 1 aliphatic heterocycles. The maximum Gasteiger partial charge on any atom is 0.223 e. The number of hydrogen-bond donors (Lipinski definition) is 2. The molecular weight excluding hydrogens is 222 g/mol. The van der Waals surface area contributed by atoms with E-state index in [1.54, 1.807) is 12.1 Å². The number of carbonyl (C=O) groups excluding carboxylic acids is 1. The van der Waals surface area contributed by atoms with E-state index in [0.29, 0.717) is 18.9 Å². The summed E-state index contributed by atoms with van der Waals surface area (Å²) in [6.07, 6.45) is 0.613. The molecule has 2 rings (SSSR count). The first-order valence-corrected chi connectivity index (χ1v) is 5.99. The van der Waals surface area contributed by atoms with Gasteiger partial charge in [0, 0.05) is 19.5 Å². The van der Waals surface area contributed by atoms with Crippen molar-refractivity contribution >= 4 is 18.5 Å². The third-order valence-electron chi connectivity index (χ3n) is 2.86. The molecule has 1 saturated heterocycles. The van der Waals surface area contributed by atoms with E-state index in [1.165, 1.54) is 0 Å². The molecule has 0 radical (unpaired) electrons. The van der Waals surface area contributed by atoms with Gasteiger partial charge in [-0.05, 0) is 29.4 Å². The van der Waals surface area contributed by atoms with Gasteiger partial charge in [0.1, 0.15) is 5.75 Å². The molecule has 0 bridgehead atoms. The molecule has 1 unspecified atom stereocenters. The lowest BCUT2D eigenvalue weighted by Crippen LogP contribution is -2.24. The number of thiol groups is 1. The predicted octanol–water partition coefficient (Wildman–Crippen LogP) is 1.67. The average molecular weight is 237 g/mol. The fourth-order valence-corrected chi connectivity index (χ4v) is 2.20. The minimum atomic E-state index is 0.201. The zero-order chi connectivity index (χ0) is 11.5. The SMILES string of the molecule is O=C1CC(CS)CN1Cc1ccc(O)cc1. The number of phenolic OH excluding ortho intramolecular Hbond substituents is 1. The minimum Gasteiger partial charge on any atom is -0.508 e. The highest BCUT2D eigenvalue weighted by Crippen LogP contribution is 2.21. The summed E-state index contributed by atoms with van der Waals surface area (Å²) in [6, 6.07) is 6.98. The number of nitrogens with zero attached hydrogens (tertiary/aromatic N) is 1. The molecule has 1 aromatic rings. The molecule has 0 saturated carbocycles. The van der Waals surface area contributed by atoms with Crippen molar-refractivity contribution in [1.82, 2.24) is 4.90 Å². The summed E-state index contributed by atoms with van der Waals surface area (Å²) < 4.78 is 0. The molecule has 0 aliphatic carbocycles. The fourth-order valence-electron chi connectivity index (χ4n) is 1.95. The maximum atomic E-state index is 11.7. The molecule has 16 heavy (non-hydrogen) atoms. The summed E-state index contributed by atoms with van der Waals surface area (Å²) in [5.41, 5.74) is 1.05. The van der Waals surface area contributed by atoms with Crippen molar-refractivity contribution in [1.29, 1.82) is 0 Å². The summed E-state index contributed by atoms with van der Waals surface area (Å²) in [5.74, 6) is 1.60. The van der Waals surface area contributed by atoms with Gasteiger partial charge >= 0.3 is 0 Å². The van der Waals surface area contributed by atoms with Gasteiger partial charge in [-0.15, -0.1) is 0 Å². The molecule has 1 aromatic carbocycles. The highest BCUT2D eigenvalue weighted by molar-refractivity contribution is 7.80. The van der Waals surface area contributed by atoms with Crippen LogP contribution in [0.15, 0.2) is 24.3 Å². The smallest absolute Gasteiger partial charge is 0.223 e. The Morgan fingerprint density at radius 3 is 2.62 bits per heavy atom. The van der Waals surface area contributed by atoms with Crippen molar-refractivity contribution < 1.29 is 9.90 Å². The van der Waals surface area contributed by atoms with Crippen LogP contribution >= 0.6 is 12.6 Å². The van der Waals surface area contributed by atoms with Gasteiger partial charge in [0.15, 0.2) is 0 Å². The molecule has 1 N–H and O–H groups in total. The van der Waals surface area contributed by atoms with Gasteiger partial charge in [0.05, 0.1) is 0 Å². The Bertz CT molecular complexity index is 377. The zero-order valence-corrected chi connectivity index (χ0v) is 9.86. The Hall–Kier alpha value is -1.16. The Balaban J connectivity index is 2.00. The number of amides is 1. The van der Waals surface area contributed by atoms with Crippen molar-refractivity contribution in [3.8, 4) is 5.75 Å². The molecule has 1 fully saturated rings. The number of carbonyl (C=O) groups is 1. The zero-order valence-electron chi connectivity index (χ0n) is 8.97. The second-order valence-corrected chi connectivity index (χ2v) is 4.56. The number of rotatable bonds is 3. The molecule has 0 aromatic heterocycles. The van der Waals surface area contributed by atoms with Crippen molar-refractivity contribution in [2.24, 2.45) is 5.92 Å². The fraction of sp³-hybridized carbons (Fsp3) is 0.417. The predicted molar refractivity (Wildman–Crippen MR) is 65.5 cm³/mol. The first-order chi connectivity index (χ1) is 7.69. The van der Waals surface area contributed by atoms with Crippen LogP contribution in [0.5, 0.6) is 5.75 Å². The van der Waals surface area contributed by atoms with Crippen LogP contribution in [0.2, 0.25) is 0 Å². The summed E-state index contributed by atoms with van der Waals surface area (Å²) in [5, 5.41) is 9.16. The molecule has 1 atom stereocenters. The lowest BCUT2D eigenvalue weighted by Gasteiger charge is -2.16. The number of likely N-dealkylation sites (tertiary alicyclic amines) is 1. The summed E-state index contributed by atoms with van der Waals surface area (Å²) in [4.78, 5) is 13.5. The van der Waals surface area contributed by atoms with Crippen LogP contribution in [0, 0.1) is 5.92 Å². The molecule has 1 heterocycles. The van der Waals surface area contributed by atoms with Crippen LogP contribution in [0.1, 0.15) is 12.0 Å². The number of aromatic hydroxyl groups is 1. The van der Waals surface area contributed by atoms with Gasteiger partial charge in [-0.2, -0.15) is 12.6 Å². The van der Waals surface area contributed by atoms with Crippen molar-refractivity contribution in [3.05, 3.63) is 29.8 Å². The number of benzene rings is 1. The Morgan fingerprint density at radius 2 is 2.06 bits per heavy atom. The Kier molecular flexibility index (Phi) is 3.39. The normalized spacial score (nSPS) is 20.4. The topological polar surface area (TPSA) is 40.5 Å². The molecule has 3 nitrogen and oxygen atoms in total. The van der Waals surface area contributed by atoms with E-state index in [-0.39, 0.29) is 11.7 Å². The second kappa shape index (κ2) is 4.78. The van der Waals surface area contributed by atoms with Crippen LogP contribution in [0.25, 0.3) is 0 Å². The average Bonchev–Trinajstić information content (AvgIpc) is 2.63. The molecular formula is C12H15NO2S. The van der Waals surface area contributed by atoms with E-state index >= 15 is 0 Å². The molecule has 1 aliphatic rings. The summed E-state index contributed by atoms with van der Waals surface area (Å²) >= 11 is 4.22. The molecule has 0 spiro atoms. The number of hydrogen-bond acceptors (Lipinski definition) is 3. The van der Waals surface area contributed by atoms with Crippen LogP contribution in [-0.4, -0.2) is 28.2 Å². The van der Waals surface area contributed by atoms with E-state index < -0.39 is 0 Å². The van der Waals surface area contributed by atoms with Gasteiger partial charge in [-0.1, -0.05) is 12.1 Å². The molecule has 1 amide bonds. The monoisotopic (exact) mass is 237 g/mol. The highest BCUT2D eigenvalue weighted by atomic mass is 32.1. The first-order valence-electron chi connectivity index (χ1n) is 5.35. The van der Waals surface area contributed by atoms with E-state index in [9.17, 15) is 4.79 Å². The first kappa shape index (κ1) is 11.3. The van der Waals surface area contributed by atoms with Crippen LogP contribution in [-0.2, 0) is 11.3 Å². The van der Waals surface area contributed by atoms with E-state index in [1.807, 2.05) is 17.0 Å². The third kappa shape index (κ3) is 2.50. The summed E-state index contributed by atoms with van der Waals surface area (Å²) in [7, 11) is 0. The van der Waals surface area contributed by atoms with E-state index in [0.717, 1.165) is 17.9 Å². The largest absolute Gasteiger partial charge is 0.508 e. The highest BCUT2D eigenvalue weighted by Gasteiger charge is 2.28. The van der Waals surface area contributed by atoms with Gasteiger partial charge in [-0.25, -0.2) is 0 Å². The van der Waals surface area contributed by atoms with E-state index in [4.69, 9.17) is 5.11 Å². The lowest BCUT2D eigenvalue weighted by atomic mass is 10.1. The Labute approximate surface area is 100 Å². The van der Waals surface area contributed by atoms with Gasteiger partial charge in [-0.3, -0.25) is 4.79 Å². The second-order valence-electron chi connectivity index (χ2n) is 4.19. The van der Waals surface area contributed by atoms with Crippen molar-refractivity contribution in [2.45, 2.75) is 13.0 Å². The van der Waals surface area contributed by atoms with Gasteiger partial charge in [0.2, 0.25) is 5.91 Å². The summed E-state index contributed by atoms with van der Waals surface area (Å²) in [6.45, 7) is 1.42. The molecule has 86 valence electrons. The standard InChI is InChI=1S/C12H15NO2S/c14-11-3-1-9(2-4-11)6-13-7-10(8-16)5-12(13)15/h1-4,10,14,16H,5-8H2. The van der Waals surface area contributed by atoms with E-state index in [2.05, 4.69) is 12.6 Å². The van der Waals surface area contributed by atoms with Crippen molar-refractivity contribution in [3.63, 3.8) is 0 Å². The van der Waals surface area contributed by atoms with Gasteiger partial charge in [0.25, 0.3) is 0 Å². The van der Waals surface area contributed by atoms with Crippen LogP contribution < -0.4 is 0 Å².